The first-order valence-electron chi connectivity index (χ1n) is 6.55. The van der Waals surface area contributed by atoms with E-state index in [1.807, 2.05) is 0 Å². The van der Waals surface area contributed by atoms with Gasteiger partial charge in [-0.05, 0) is 30.7 Å². The fourth-order valence-corrected chi connectivity index (χ4v) is 1.89. The largest absolute Gasteiger partial charge is 0.465 e. The maximum absolute atomic E-state index is 13.5. The minimum Gasteiger partial charge on any atom is -0.465 e. The summed E-state index contributed by atoms with van der Waals surface area (Å²) in [5, 5.41) is 21.6. The summed E-state index contributed by atoms with van der Waals surface area (Å²) >= 11 is 0. The van der Waals surface area contributed by atoms with Gasteiger partial charge in [0.05, 0.1) is 17.0 Å². The Morgan fingerprint density at radius 2 is 1.96 bits per heavy atom. The lowest BCUT2D eigenvalue weighted by Gasteiger charge is -2.09. The van der Waals surface area contributed by atoms with Gasteiger partial charge < -0.3 is 15.2 Å². The fraction of sp³-hybridized carbons (Fsp3) is 0.133. The number of nitro groups is 1. The van der Waals surface area contributed by atoms with Crippen LogP contribution in [0.1, 0.15) is 11.1 Å². The van der Waals surface area contributed by atoms with E-state index >= 15 is 0 Å². The molecule has 23 heavy (non-hydrogen) atoms. The number of nitrogens with zero attached hydrogens (tertiary/aromatic N) is 1. The number of hydrogen-bond acceptors (Lipinski definition) is 4. The summed E-state index contributed by atoms with van der Waals surface area (Å²) in [5.41, 5.74) is 0.371. The molecule has 0 saturated heterocycles. The van der Waals surface area contributed by atoms with Crippen LogP contribution < -0.4 is 10.1 Å². The Bertz CT molecular complexity index is 764. The molecule has 0 spiro atoms. The Morgan fingerprint density at radius 1 is 1.30 bits per heavy atom. The van der Waals surface area contributed by atoms with Crippen LogP contribution in [-0.4, -0.2) is 16.1 Å². The van der Waals surface area contributed by atoms with Crippen molar-refractivity contribution >= 4 is 11.8 Å². The van der Waals surface area contributed by atoms with Gasteiger partial charge in [0, 0.05) is 12.1 Å². The van der Waals surface area contributed by atoms with Gasteiger partial charge in [0.1, 0.15) is 17.3 Å². The molecule has 2 rings (SSSR count). The lowest BCUT2D eigenvalue weighted by Crippen LogP contribution is -2.20. The SMILES string of the molecule is Cc1ccc(Oc2ccc([N+](=O)[O-])c(CNC(=O)O)c2)cc1F. The highest BCUT2D eigenvalue weighted by Crippen LogP contribution is 2.28. The van der Waals surface area contributed by atoms with E-state index in [1.165, 1.54) is 24.3 Å². The topological polar surface area (TPSA) is 102 Å². The number of nitro benzene ring substituents is 1. The fourth-order valence-electron chi connectivity index (χ4n) is 1.89. The molecule has 2 aromatic carbocycles. The summed E-state index contributed by atoms with van der Waals surface area (Å²) in [6.45, 7) is 1.37. The first-order chi connectivity index (χ1) is 10.9. The summed E-state index contributed by atoms with van der Waals surface area (Å²) in [5.74, 6) is 0.0392. The molecule has 8 heteroatoms. The van der Waals surface area contributed by atoms with E-state index in [-0.39, 0.29) is 29.3 Å². The smallest absolute Gasteiger partial charge is 0.404 e. The van der Waals surface area contributed by atoms with Gasteiger partial charge in [-0.25, -0.2) is 9.18 Å². The van der Waals surface area contributed by atoms with Crippen molar-refractivity contribution < 1.29 is 24.0 Å². The normalized spacial score (nSPS) is 10.2. The summed E-state index contributed by atoms with van der Waals surface area (Å²) in [6, 6.07) is 8.22. The predicted octanol–water partition coefficient (Wildman–Crippen LogP) is 3.60. The number of amides is 1. The average Bonchev–Trinajstić information content (AvgIpc) is 2.49. The number of ether oxygens (including phenoxy) is 1. The van der Waals surface area contributed by atoms with Crippen molar-refractivity contribution in [1.82, 2.24) is 5.32 Å². The molecule has 2 N–H and O–H groups in total. The zero-order valence-corrected chi connectivity index (χ0v) is 12.1. The number of carboxylic acid groups (broad SMARTS) is 1. The van der Waals surface area contributed by atoms with Gasteiger partial charge in [0.25, 0.3) is 5.69 Å². The monoisotopic (exact) mass is 320 g/mol. The highest BCUT2D eigenvalue weighted by atomic mass is 19.1. The van der Waals surface area contributed by atoms with E-state index in [4.69, 9.17) is 9.84 Å². The van der Waals surface area contributed by atoms with Crippen molar-refractivity contribution in [2.24, 2.45) is 0 Å². The quantitative estimate of drug-likeness (QED) is 0.647. The molecule has 120 valence electrons. The third-order valence-corrected chi connectivity index (χ3v) is 3.06. The van der Waals surface area contributed by atoms with Crippen molar-refractivity contribution in [3.63, 3.8) is 0 Å². The first-order valence-corrected chi connectivity index (χ1v) is 6.55. The minimum atomic E-state index is -1.30. The number of hydrogen-bond donors (Lipinski definition) is 2. The molecule has 0 atom stereocenters. The van der Waals surface area contributed by atoms with Crippen molar-refractivity contribution in [3.05, 3.63) is 63.5 Å². The Labute approximate surface area is 130 Å². The summed E-state index contributed by atoms with van der Waals surface area (Å²) in [6.07, 6.45) is -1.30. The summed E-state index contributed by atoms with van der Waals surface area (Å²) in [7, 11) is 0. The molecule has 0 bridgehead atoms. The molecule has 0 aliphatic heterocycles. The number of rotatable bonds is 5. The third kappa shape index (κ3) is 4.16. The van der Waals surface area contributed by atoms with Gasteiger partial charge in [0.2, 0.25) is 0 Å². The molecule has 0 aliphatic rings. The van der Waals surface area contributed by atoms with Crippen LogP contribution in [-0.2, 0) is 6.54 Å². The van der Waals surface area contributed by atoms with E-state index < -0.39 is 16.8 Å². The zero-order valence-electron chi connectivity index (χ0n) is 12.1. The molecule has 0 aromatic heterocycles. The Kier molecular flexibility index (Phi) is 4.75. The van der Waals surface area contributed by atoms with Crippen molar-refractivity contribution in [1.29, 1.82) is 0 Å². The lowest BCUT2D eigenvalue weighted by atomic mass is 10.1. The molecular formula is C15H13FN2O5. The molecule has 0 fully saturated rings. The van der Waals surface area contributed by atoms with Crippen molar-refractivity contribution in [3.8, 4) is 11.5 Å². The van der Waals surface area contributed by atoms with Crippen LogP contribution in [0.3, 0.4) is 0 Å². The van der Waals surface area contributed by atoms with Crippen LogP contribution in [0.15, 0.2) is 36.4 Å². The number of aryl methyl sites for hydroxylation is 1. The number of halogens is 1. The molecule has 0 aliphatic carbocycles. The molecular weight excluding hydrogens is 307 g/mol. The van der Waals surface area contributed by atoms with E-state index in [0.29, 0.717) is 5.56 Å². The second kappa shape index (κ2) is 6.73. The van der Waals surface area contributed by atoms with Crippen LogP contribution in [0.4, 0.5) is 14.9 Å². The maximum atomic E-state index is 13.5. The molecule has 0 saturated carbocycles. The number of carbonyl (C=O) groups is 1. The summed E-state index contributed by atoms with van der Waals surface area (Å²) in [4.78, 5) is 20.9. The van der Waals surface area contributed by atoms with Crippen LogP contribution in [0.25, 0.3) is 0 Å². The Morgan fingerprint density at radius 3 is 2.57 bits per heavy atom. The van der Waals surface area contributed by atoms with Gasteiger partial charge in [-0.1, -0.05) is 6.07 Å². The average molecular weight is 320 g/mol. The molecule has 1 amide bonds. The van der Waals surface area contributed by atoms with Crippen LogP contribution >= 0.6 is 0 Å². The van der Waals surface area contributed by atoms with Crippen LogP contribution in [0.2, 0.25) is 0 Å². The number of nitrogens with one attached hydrogen (secondary N) is 1. The van der Waals surface area contributed by atoms with Gasteiger partial charge in [0.15, 0.2) is 0 Å². The molecule has 0 unspecified atom stereocenters. The second-order valence-electron chi connectivity index (χ2n) is 4.72. The Hall–Kier alpha value is -3.16. The van der Waals surface area contributed by atoms with Crippen molar-refractivity contribution in [2.45, 2.75) is 13.5 Å². The molecule has 0 heterocycles. The molecule has 0 radical (unpaired) electrons. The van der Waals surface area contributed by atoms with Gasteiger partial charge in [-0.15, -0.1) is 0 Å². The van der Waals surface area contributed by atoms with E-state index in [1.54, 1.807) is 19.1 Å². The van der Waals surface area contributed by atoms with Gasteiger partial charge in [-0.2, -0.15) is 0 Å². The minimum absolute atomic E-state index is 0.141. The first kappa shape index (κ1) is 16.2. The van der Waals surface area contributed by atoms with E-state index in [9.17, 15) is 19.3 Å². The molecule has 2 aromatic rings. The highest BCUT2D eigenvalue weighted by molar-refractivity contribution is 5.64. The zero-order chi connectivity index (χ0) is 17.0. The third-order valence-electron chi connectivity index (χ3n) is 3.06. The van der Waals surface area contributed by atoms with Crippen LogP contribution in [0, 0.1) is 22.9 Å². The van der Waals surface area contributed by atoms with E-state index in [2.05, 4.69) is 5.32 Å². The lowest BCUT2D eigenvalue weighted by molar-refractivity contribution is -0.385. The van der Waals surface area contributed by atoms with Gasteiger partial charge >= 0.3 is 6.09 Å². The highest BCUT2D eigenvalue weighted by Gasteiger charge is 2.15. The standard InChI is InChI=1S/C15H13FN2O5/c1-9-2-3-12(7-13(9)16)23-11-4-5-14(18(21)22)10(6-11)8-17-15(19)20/h2-7,17H,8H2,1H3,(H,19,20). The second-order valence-corrected chi connectivity index (χ2v) is 4.72. The maximum Gasteiger partial charge on any atom is 0.404 e. The number of benzene rings is 2. The van der Waals surface area contributed by atoms with Gasteiger partial charge in [-0.3, -0.25) is 10.1 Å². The van der Waals surface area contributed by atoms with Crippen molar-refractivity contribution in [2.75, 3.05) is 0 Å². The van der Waals surface area contributed by atoms with Crippen LogP contribution in [0.5, 0.6) is 11.5 Å². The Balaban J connectivity index is 2.28. The predicted molar refractivity (Wildman–Crippen MR) is 79.2 cm³/mol. The van der Waals surface area contributed by atoms with E-state index in [0.717, 1.165) is 0 Å². The summed E-state index contributed by atoms with van der Waals surface area (Å²) < 4.78 is 19.0. The molecule has 7 nitrogen and oxygen atoms in total.